The third-order valence-corrected chi connectivity index (χ3v) is 2.04. The molecule has 2 nitrogen and oxygen atoms in total. The number of hydrogen-bond donors (Lipinski definition) is 0. The molecule has 0 amide bonds. The maximum Gasteiger partial charge on any atom is 0.101 e. The predicted octanol–water partition coefficient (Wildman–Crippen LogP) is 2.96. The van der Waals surface area contributed by atoms with Crippen LogP contribution in [0.5, 0.6) is 0 Å². The van der Waals surface area contributed by atoms with E-state index in [9.17, 15) is 0 Å². The van der Waals surface area contributed by atoms with Gasteiger partial charge in [0.05, 0.1) is 17.5 Å². The van der Waals surface area contributed by atoms with E-state index >= 15 is 0 Å². The Morgan fingerprint density at radius 2 is 2.29 bits per heavy atom. The number of rotatable bonds is 2. The second-order valence-electron chi connectivity index (χ2n) is 3.15. The summed E-state index contributed by atoms with van der Waals surface area (Å²) in [6.45, 7) is 11.2. The Labute approximate surface area is 84.1 Å². The van der Waals surface area contributed by atoms with Gasteiger partial charge in [-0.05, 0) is 25.0 Å². The first-order chi connectivity index (χ1) is 6.61. The molecule has 0 radical (unpaired) electrons. The van der Waals surface area contributed by atoms with E-state index in [0.29, 0.717) is 5.56 Å². The van der Waals surface area contributed by atoms with Crippen LogP contribution in [0.15, 0.2) is 25.1 Å². The van der Waals surface area contributed by atoms with Crippen LogP contribution in [-0.4, -0.2) is 4.57 Å². The average molecular weight is 184 g/mol. The van der Waals surface area contributed by atoms with Crippen molar-refractivity contribution in [2.45, 2.75) is 13.8 Å². The van der Waals surface area contributed by atoms with E-state index < -0.39 is 0 Å². The lowest BCUT2D eigenvalue weighted by molar-refractivity contribution is 1.12. The van der Waals surface area contributed by atoms with Gasteiger partial charge in [-0.1, -0.05) is 13.2 Å². The van der Waals surface area contributed by atoms with Crippen molar-refractivity contribution in [2.24, 2.45) is 0 Å². The van der Waals surface area contributed by atoms with Gasteiger partial charge in [-0.3, -0.25) is 0 Å². The molecule has 70 valence electrons. The molecule has 1 heterocycles. The van der Waals surface area contributed by atoms with Crippen LogP contribution >= 0.6 is 0 Å². The molecule has 1 aromatic rings. The summed E-state index contributed by atoms with van der Waals surface area (Å²) in [5.74, 6) is 0. The Bertz CT molecular complexity index is 463. The summed E-state index contributed by atoms with van der Waals surface area (Å²) in [4.78, 5) is 0. The van der Waals surface area contributed by atoms with E-state index in [2.05, 4.69) is 25.0 Å². The zero-order valence-corrected chi connectivity index (χ0v) is 8.46. The van der Waals surface area contributed by atoms with Crippen molar-refractivity contribution in [2.75, 3.05) is 0 Å². The summed E-state index contributed by atoms with van der Waals surface area (Å²) >= 11 is 0. The fraction of sp³-hybridized carbons (Fsp3) is 0.167. The highest BCUT2D eigenvalue weighted by Gasteiger charge is 2.10. The number of allylic oxidation sites excluding steroid dienone is 1. The number of hydrogen-bond acceptors (Lipinski definition) is 1. The fourth-order valence-corrected chi connectivity index (χ4v) is 1.48. The molecule has 0 bridgehead atoms. The second kappa shape index (κ2) is 3.83. The van der Waals surface area contributed by atoms with Crippen LogP contribution < -0.4 is 0 Å². The monoisotopic (exact) mass is 184 g/mol. The molecule has 0 saturated heterocycles. The van der Waals surface area contributed by atoms with E-state index in [4.69, 9.17) is 5.26 Å². The topological polar surface area (TPSA) is 28.7 Å². The maximum absolute atomic E-state index is 8.86. The molecule has 0 unspecified atom stereocenters. The first kappa shape index (κ1) is 10.1. The minimum atomic E-state index is 0.662. The predicted molar refractivity (Wildman–Crippen MR) is 58.5 cm³/mol. The van der Waals surface area contributed by atoms with Gasteiger partial charge in [0.15, 0.2) is 0 Å². The number of nitriles is 1. The van der Waals surface area contributed by atoms with Crippen molar-refractivity contribution < 1.29 is 0 Å². The van der Waals surface area contributed by atoms with E-state index in [1.54, 1.807) is 12.4 Å². The van der Waals surface area contributed by atoms with Crippen LogP contribution in [0.3, 0.4) is 0 Å². The third kappa shape index (κ3) is 1.54. The average Bonchev–Trinajstić information content (AvgIpc) is 2.43. The summed E-state index contributed by atoms with van der Waals surface area (Å²) < 4.78 is 1.82. The minimum absolute atomic E-state index is 0.662. The number of nitrogens with zero attached hydrogens (tertiary/aromatic N) is 2. The molecular formula is C12H12N2. The molecule has 0 saturated carbocycles. The van der Waals surface area contributed by atoms with E-state index in [0.717, 1.165) is 16.8 Å². The quantitative estimate of drug-likeness (QED) is 0.649. The lowest BCUT2D eigenvalue weighted by Gasteiger charge is -2.03. The molecule has 1 rings (SSSR count). The Balaban J connectivity index is 3.51. The Kier molecular flexibility index (Phi) is 2.76. The highest BCUT2D eigenvalue weighted by Crippen LogP contribution is 2.22. The third-order valence-electron chi connectivity index (χ3n) is 2.04. The molecule has 0 fully saturated rings. The van der Waals surface area contributed by atoms with Gasteiger partial charge in [-0.25, -0.2) is 0 Å². The summed E-state index contributed by atoms with van der Waals surface area (Å²) in [6.07, 6.45) is 3.45. The molecule has 0 spiro atoms. The van der Waals surface area contributed by atoms with Crippen molar-refractivity contribution in [3.63, 3.8) is 0 Å². The lowest BCUT2D eigenvalue weighted by atomic mass is 10.1. The summed E-state index contributed by atoms with van der Waals surface area (Å²) in [7, 11) is 0. The molecule has 0 N–H and O–H groups in total. The zero-order valence-electron chi connectivity index (χ0n) is 8.46. The Hall–Kier alpha value is -1.97. The van der Waals surface area contributed by atoms with Crippen LogP contribution in [-0.2, 0) is 0 Å². The summed E-state index contributed by atoms with van der Waals surface area (Å²) in [5, 5.41) is 8.86. The molecule has 0 aromatic carbocycles. The highest BCUT2D eigenvalue weighted by molar-refractivity contribution is 5.67. The van der Waals surface area contributed by atoms with Gasteiger partial charge >= 0.3 is 0 Å². The molecule has 0 atom stereocenters. The Morgan fingerprint density at radius 3 is 2.71 bits per heavy atom. The van der Waals surface area contributed by atoms with Gasteiger partial charge < -0.3 is 4.57 Å². The molecule has 0 aliphatic heterocycles. The van der Waals surface area contributed by atoms with E-state index in [1.165, 1.54) is 0 Å². The summed E-state index contributed by atoms with van der Waals surface area (Å²) in [5.41, 5.74) is 6.18. The van der Waals surface area contributed by atoms with E-state index in [-0.39, 0.29) is 0 Å². The van der Waals surface area contributed by atoms with Gasteiger partial charge in [0.1, 0.15) is 6.07 Å². The zero-order chi connectivity index (χ0) is 10.7. The van der Waals surface area contributed by atoms with Gasteiger partial charge in [0.25, 0.3) is 0 Å². The van der Waals surface area contributed by atoms with Gasteiger partial charge in [0.2, 0.25) is 0 Å². The van der Waals surface area contributed by atoms with Crippen molar-refractivity contribution in [1.29, 1.82) is 5.26 Å². The fourth-order valence-electron chi connectivity index (χ4n) is 1.48. The van der Waals surface area contributed by atoms with Gasteiger partial charge in [0, 0.05) is 6.20 Å². The molecule has 14 heavy (non-hydrogen) atoms. The largest absolute Gasteiger partial charge is 0.315 e. The standard InChI is InChI=1S/C12H12N2/c1-5-6-14-8-11(7-13)10(4)12(14)9(2)3/h6,8H,1-2H2,3-4H3. The molecule has 0 aliphatic carbocycles. The van der Waals surface area contributed by atoms with E-state index in [1.807, 2.05) is 18.4 Å². The van der Waals surface area contributed by atoms with Crippen LogP contribution in [0, 0.1) is 18.3 Å². The normalized spacial score (nSPS) is 8.93. The highest BCUT2D eigenvalue weighted by atomic mass is 14.9. The molecule has 1 aromatic heterocycles. The van der Waals surface area contributed by atoms with Gasteiger partial charge in [-0.2, -0.15) is 5.26 Å². The molecule has 2 heteroatoms. The first-order valence-corrected chi connectivity index (χ1v) is 4.25. The smallest absolute Gasteiger partial charge is 0.101 e. The van der Waals surface area contributed by atoms with Crippen LogP contribution in [0.4, 0.5) is 0 Å². The SMILES string of the molecule is C=C=Cn1cc(C#N)c(C)c1C(=C)C. The lowest BCUT2D eigenvalue weighted by Crippen LogP contribution is -1.91. The van der Waals surface area contributed by atoms with Crippen LogP contribution in [0.2, 0.25) is 0 Å². The van der Waals surface area contributed by atoms with Crippen molar-refractivity contribution >= 4 is 11.8 Å². The molecular weight excluding hydrogens is 172 g/mol. The van der Waals surface area contributed by atoms with Crippen molar-refractivity contribution in [3.05, 3.63) is 41.9 Å². The maximum atomic E-state index is 8.86. The van der Waals surface area contributed by atoms with Gasteiger partial charge in [-0.15, -0.1) is 5.73 Å². The second-order valence-corrected chi connectivity index (χ2v) is 3.15. The van der Waals surface area contributed by atoms with Crippen molar-refractivity contribution in [3.8, 4) is 6.07 Å². The van der Waals surface area contributed by atoms with Crippen LogP contribution in [0.25, 0.3) is 11.8 Å². The van der Waals surface area contributed by atoms with Crippen LogP contribution in [0.1, 0.15) is 23.7 Å². The van der Waals surface area contributed by atoms with Crippen molar-refractivity contribution in [1.82, 2.24) is 4.57 Å². The first-order valence-electron chi connectivity index (χ1n) is 4.25. The molecule has 0 aliphatic rings. The Morgan fingerprint density at radius 1 is 1.64 bits per heavy atom. The number of aromatic nitrogens is 1. The summed E-state index contributed by atoms with van der Waals surface area (Å²) in [6, 6.07) is 2.14. The minimum Gasteiger partial charge on any atom is -0.315 e.